The third-order valence-corrected chi connectivity index (χ3v) is 3.90. The van der Waals surface area contributed by atoms with E-state index in [1.54, 1.807) is 7.05 Å². The number of anilines is 1. The SMILES string of the molecule is Cc1c([N+](=O)[O-])cc(NC(=O)c2c(I)cnn2C)cc1[N+](=O)[O-]. The zero-order valence-corrected chi connectivity index (χ0v) is 14.1. The van der Waals surface area contributed by atoms with Crippen LogP contribution in [0.15, 0.2) is 18.3 Å². The van der Waals surface area contributed by atoms with Crippen LogP contribution in [-0.4, -0.2) is 25.5 Å². The van der Waals surface area contributed by atoms with Crippen LogP contribution in [0, 0.1) is 30.7 Å². The van der Waals surface area contributed by atoms with Gasteiger partial charge in [-0.05, 0) is 29.5 Å². The first-order valence-corrected chi connectivity index (χ1v) is 7.22. The van der Waals surface area contributed by atoms with Crippen LogP contribution >= 0.6 is 22.6 Å². The summed E-state index contributed by atoms with van der Waals surface area (Å²) in [5.74, 6) is -0.568. The second-order valence-electron chi connectivity index (χ2n) is 4.57. The molecule has 1 aromatic heterocycles. The van der Waals surface area contributed by atoms with Gasteiger partial charge in [0.05, 0.1) is 25.3 Å². The number of hydrogen-bond donors (Lipinski definition) is 1. The lowest BCUT2D eigenvalue weighted by Gasteiger charge is -2.07. The molecule has 1 aromatic carbocycles. The standard InChI is InChI=1S/C12H10IN5O5/c1-6-9(17(20)21)3-7(4-10(6)18(22)23)15-12(19)11-8(13)5-14-16(11)2/h3-5H,1-2H3,(H,15,19). The number of hydrogen-bond acceptors (Lipinski definition) is 6. The van der Waals surface area contributed by atoms with E-state index < -0.39 is 27.1 Å². The molecule has 0 radical (unpaired) electrons. The summed E-state index contributed by atoms with van der Waals surface area (Å²) in [6.07, 6.45) is 1.48. The van der Waals surface area contributed by atoms with Crippen LogP contribution < -0.4 is 5.32 Å². The van der Waals surface area contributed by atoms with Crippen LogP contribution in [0.25, 0.3) is 0 Å². The minimum absolute atomic E-state index is 0.0315. The van der Waals surface area contributed by atoms with E-state index in [1.807, 2.05) is 22.6 Å². The van der Waals surface area contributed by atoms with Gasteiger partial charge in [-0.2, -0.15) is 5.10 Å². The number of halogens is 1. The van der Waals surface area contributed by atoms with Crippen molar-refractivity contribution < 1.29 is 14.6 Å². The number of nitrogens with one attached hydrogen (secondary N) is 1. The van der Waals surface area contributed by atoms with E-state index in [9.17, 15) is 25.0 Å². The molecule has 1 heterocycles. The number of nitro groups is 2. The predicted molar refractivity (Wildman–Crippen MR) is 88.4 cm³/mol. The molecule has 0 aliphatic carbocycles. The molecule has 0 saturated carbocycles. The summed E-state index contributed by atoms with van der Waals surface area (Å²) >= 11 is 1.92. The number of nitrogens with zero attached hydrogens (tertiary/aromatic N) is 4. The number of carbonyl (C=O) groups excluding carboxylic acids is 1. The van der Waals surface area contributed by atoms with Gasteiger partial charge in [-0.25, -0.2) is 0 Å². The van der Waals surface area contributed by atoms with Crippen molar-refractivity contribution in [1.29, 1.82) is 0 Å². The van der Waals surface area contributed by atoms with Gasteiger partial charge < -0.3 is 5.32 Å². The first-order valence-electron chi connectivity index (χ1n) is 6.14. The van der Waals surface area contributed by atoms with E-state index >= 15 is 0 Å². The van der Waals surface area contributed by atoms with Gasteiger partial charge in [0.2, 0.25) is 0 Å². The molecule has 0 fully saturated rings. The maximum atomic E-state index is 12.2. The second kappa shape index (κ2) is 6.28. The minimum Gasteiger partial charge on any atom is -0.320 e. The molecule has 0 aliphatic heterocycles. The van der Waals surface area contributed by atoms with Crippen molar-refractivity contribution in [3.63, 3.8) is 0 Å². The molecule has 0 aliphatic rings. The topological polar surface area (TPSA) is 133 Å². The van der Waals surface area contributed by atoms with Crippen LogP contribution in [0.2, 0.25) is 0 Å². The van der Waals surface area contributed by atoms with Crippen molar-refractivity contribution in [2.24, 2.45) is 7.05 Å². The van der Waals surface area contributed by atoms with Crippen molar-refractivity contribution in [2.45, 2.75) is 6.92 Å². The van der Waals surface area contributed by atoms with E-state index in [4.69, 9.17) is 0 Å². The lowest BCUT2D eigenvalue weighted by atomic mass is 10.1. The van der Waals surface area contributed by atoms with E-state index in [0.717, 1.165) is 12.1 Å². The number of rotatable bonds is 4. The molecule has 0 spiro atoms. The number of amides is 1. The lowest BCUT2D eigenvalue weighted by Crippen LogP contribution is -2.17. The third kappa shape index (κ3) is 3.28. The number of carbonyl (C=O) groups is 1. The Morgan fingerprint density at radius 2 is 1.78 bits per heavy atom. The van der Waals surface area contributed by atoms with E-state index in [1.165, 1.54) is 17.8 Å². The summed E-state index contributed by atoms with van der Waals surface area (Å²) < 4.78 is 1.92. The summed E-state index contributed by atoms with van der Waals surface area (Å²) in [6, 6.07) is 2.17. The highest BCUT2D eigenvalue weighted by Crippen LogP contribution is 2.32. The van der Waals surface area contributed by atoms with Crippen LogP contribution in [-0.2, 0) is 7.05 Å². The fourth-order valence-electron chi connectivity index (χ4n) is 1.99. The van der Waals surface area contributed by atoms with Crippen molar-refractivity contribution in [1.82, 2.24) is 9.78 Å². The van der Waals surface area contributed by atoms with Gasteiger partial charge >= 0.3 is 0 Å². The monoisotopic (exact) mass is 431 g/mol. The Bertz CT molecular complexity index is 777. The summed E-state index contributed by atoms with van der Waals surface area (Å²) in [5, 5.41) is 28.4. The molecule has 0 unspecified atom stereocenters. The zero-order valence-electron chi connectivity index (χ0n) is 11.9. The Balaban J connectivity index is 2.46. The molecule has 0 atom stereocenters. The molecule has 120 valence electrons. The molecule has 10 nitrogen and oxygen atoms in total. The van der Waals surface area contributed by atoms with Crippen LogP contribution in [0.3, 0.4) is 0 Å². The normalized spacial score (nSPS) is 10.4. The molecule has 0 saturated heterocycles. The Kier molecular flexibility index (Phi) is 4.58. The smallest absolute Gasteiger partial charge is 0.281 e. The van der Waals surface area contributed by atoms with E-state index in [-0.39, 0.29) is 16.9 Å². The molecule has 23 heavy (non-hydrogen) atoms. The fourth-order valence-corrected chi connectivity index (χ4v) is 2.71. The quantitative estimate of drug-likeness (QED) is 0.449. The first-order chi connectivity index (χ1) is 10.7. The van der Waals surface area contributed by atoms with Gasteiger partial charge in [0.25, 0.3) is 17.3 Å². The Morgan fingerprint density at radius 3 is 2.17 bits per heavy atom. The number of aromatic nitrogens is 2. The number of aryl methyl sites for hydroxylation is 1. The molecule has 2 aromatic rings. The van der Waals surface area contributed by atoms with Crippen molar-refractivity contribution in [2.75, 3.05) is 5.32 Å². The third-order valence-electron chi connectivity index (χ3n) is 3.11. The Labute approximate surface area is 142 Å². The van der Waals surface area contributed by atoms with Gasteiger partial charge in [-0.3, -0.25) is 29.7 Å². The molecular weight excluding hydrogens is 421 g/mol. The first kappa shape index (κ1) is 16.8. The van der Waals surface area contributed by atoms with Gasteiger partial charge in [-0.1, -0.05) is 0 Å². The summed E-state index contributed by atoms with van der Waals surface area (Å²) in [5.41, 5.74) is -0.732. The highest BCUT2D eigenvalue weighted by molar-refractivity contribution is 14.1. The molecular formula is C12H10IN5O5. The minimum atomic E-state index is -0.730. The van der Waals surface area contributed by atoms with Crippen molar-refractivity contribution in [3.05, 3.63) is 53.4 Å². The Hall–Kier alpha value is -2.57. The van der Waals surface area contributed by atoms with Gasteiger partial charge in [0.15, 0.2) is 0 Å². The maximum absolute atomic E-state index is 12.2. The summed E-state index contributed by atoms with van der Waals surface area (Å²) in [6.45, 7) is 1.28. The van der Waals surface area contributed by atoms with Gasteiger partial charge in [0.1, 0.15) is 11.3 Å². The fraction of sp³-hybridized carbons (Fsp3) is 0.167. The molecule has 2 rings (SSSR count). The largest absolute Gasteiger partial charge is 0.320 e. The maximum Gasteiger partial charge on any atom is 0.281 e. The van der Waals surface area contributed by atoms with Crippen LogP contribution in [0.5, 0.6) is 0 Å². The predicted octanol–water partition coefficient (Wildman–Crippen LogP) is 2.40. The van der Waals surface area contributed by atoms with Crippen LogP contribution in [0.1, 0.15) is 16.1 Å². The Morgan fingerprint density at radius 1 is 1.26 bits per heavy atom. The highest BCUT2D eigenvalue weighted by Gasteiger charge is 2.24. The van der Waals surface area contributed by atoms with E-state index in [0.29, 0.717) is 3.57 Å². The van der Waals surface area contributed by atoms with Gasteiger partial charge in [0, 0.05) is 19.2 Å². The zero-order chi connectivity index (χ0) is 17.3. The van der Waals surface area contributed by atoms with Crippen molar-refractivity contribution >= 4 is 45.6 Å². The highest BCUT2D eigenvalue weighted by atomic mass is 127. The molecule has 1 N–H and O–H groups in total. The summed E-state index contributed by atoms with van der Waals surface area (Å²) in [7, 11) is 1.57. The van der Waals surface area contributed by atoms with E-state index in [2.05, 4.69) is 10.4 Å². The van der Waals surface area contributed by atoms with Crippen LogP contribution in [0.4, 0.5) is 17.1 Å². The average molecular weight is 431 g/mol. The second-order valence-corrected chi connectivity index (χ2v) is 5.73. The molecule has 0 bridgehead atoms. The number of benzene rings is 1. The van der Waals surface area contributed by atoms with Gasteiger partial charge in [-0.15, -0.1) is 0 Å². The summed E-state index contributed by atoms with van der Waals surface area (Å²) in [4.78, 5) is 32.8. The lowest BCUT2D eigenvalue weighted by molar-refractivity contribution is -0.395. The van der Waals surface area contributed by atoms with Crippen molar-refractivity contribution in [3.8, 4) is 0 Å². The molecule has 11 heteroatoms. The molecule has 1 amide bonds. The average Bonchev–Trinajstić information content (AvgIpc) is 2.79. The number of nitro benzene ring substituents is 2.